The molecule has 17 heavy (non-hydrogen) atoms. The highest BCUT2D eigenvalue weighted by atomic mass is 16.5. The number of phenols is 1. The van der Waals surface area contributed by atoms with E-state index in [9.17, 15) is 15.0 Å². The van der Waals surface area contributed by atoms with Crippen LogP contribution in [0.25, 0.3) is 0 Å². The molecule has 0 fully saturated rings. The third-order valence-electron chi connectivity index (χ3n) is 2.35. The van der Waals surface area contributed by atoms with E-state index in [1.165, 1.54) is 19.2 Å². The van der Waals surface area contributed by atoms with Gasteiger partial charge in [-0.1, -0.05) is 0 Å². The molecule has 0 aliphatic heterocycles. The minimum absolute atomic E-state index is 0.113. The van der Waals surface area contributed by atoms with Crippen LogP contribution in [0.15, 0.2) is 12.1 Å². The number of aryl methyl sites for hydroxylation is 1. The van der Waals surface area contributed by atoms with Crippen molar-refractivity contribution >= 4 is 5.97 Å². The molecule has 94 valence electrons. The van der Waals surface area contributed by atoms with E-state index in [1.807, 2.05) is 0 Å². The molecule has 1 rings (SSSR count). The number of rotatable bonds is 4. The van der Waals surface area contributed by atoms with Crippen molar-refractivity contribution in [3.8, 4) is 11.5 Å². The molecule has 0 spiro atoms. The fourth-order valence-corrected chi connectivity index (χ4v) is 1.49. The molecule has 0 bridgehead atoms. The largest absolute Gasteiger partial charge is 0.507 e. The number of ether oxygens (including phenoxy) is 2. The smallest absolute Gasteiger partial charge is 0.339 e. The summed E-state index contributed by atoms with van der Waals surface area (Å²) in [6.45, 7) is 3.56. The monoisotopic (exact) mass is 240 g/mol. The summed E-state index contributed by atoms with van der Waals surface area (Å²) in [5.41, 5.74) is 0.824. The van der Waals surface area contributed by atoms with Gasteiger partial charge in [-0.05, 0) is 25.5 Å². The van der Waals surface area contributed by atoms with Crippen molar-refractivity contribution in [1.29, 1.82) is 0 Å². The van der Waals surface area contributed by atoms with Gasteiger partial charge in [0.25, 0.3) is 0 Å². The average molecular weight is 240 g/mol. The minimum Gasteiger partial charge on any atom is -0.507 e. The van der Waals surface area contributed by atoms with Crippen LogP contribution < -0.4 is 4.74 Å². The Morgan fingerprint density at radius 3 is 2.65 bits per heavy atom. The number of carbonyl (C=O) groups excluding carboxylic acids is 1. The first kappa shape index (κ1) is 13.3. The third kappa shape index (κ3) is 2.88. The summed E-state index contributed by atoms with van der Waals surface area (Å²) < 4.78 is 9.69. The molecular weight excluding hydrogens is 224 g/mol. The van der Waals surface area contributed by atoms with Crippen molar-refractivity contribution in [2.75, 3.05) is 13.7 Å². The number of hydrogen-bond acceptors (Lipinski definition) is 5. The van der Waals surface area contributed by atoms with Crippen LogP contribution in [0.4, 0.5) is 0 Å². The second-order valence-electron chi connectivity index (χ2n) is 3.54. The normalized spacial score (nSPS) is 12.0. The quantitative estimate of drug-likeness (QED) is 0.776. The standard InChI is InChI=1S/C12H16O5/c1-4-17-12(15)11(14)8-5-7(2)10(16-3)6-9(8)13/h5-6,11,13-14H,4H2,1-3H3. The number of benzene rings is 1. The van der Waals surface area contributed by atoms with Crippen LogP contribution in [0.2, 0.25) is 0 Å². The van der Waals surface area contributed by atoms with Crippen LogP contribution in [0.3, 0.4) is 0 Å². The van der Waals surface area contributed by atoms with Gasteiger partial charge < -0.3 is 19.7 Å². The number of aliphatic hydroxyl groups is 1. The van der Waals surface area contributed by atoms with E-state index in [0.717, 1.165) is 0 Å². The highest BCUT2D eigenvalue weighted by molar-refractivity contribution is 5.77. The number of phenolic OH excluding ortho intramolecular Hbond substituents is 1. The lowest BCUT2D eigenvalue weighted by molar-refractivity contribution is -0.153. The zero-order chi connectivity index (χ0) is 13.0. The number of aromatic hydroxyl groups is 1. The fraction of sp³-hybridized carbons (Fsp3) is 0.417. The lowest BCUT2D eigenvalue weighted by atomic mass is 10.0. The Balaban J connectivity index is 3.06. The van der Waals surface area contributed by atoms with Gasteiger partial charge >= 0.3 is 5.97 Å². The molecule has 1 unspecified atom stereocenters. The Bertz CT molecular complexity index is 414. The summed E-state index contributed by atoms with van der Waals surface area (Å²) in [4.78, 5) is 11.3. The van der Waals surface area contributed by atoms with E-state index in [4.69, 9.17) is 4.74 Å². The average Bonchev–Trinajstić information content (AvgIpc) is 2.31. The van der Waals surface area contributed by atoms with E-state index in [0.29, 0.717) is 11.3 Å². The van der Waals surface area contributed by atoms with E-state index < -0.39 is 12.1 Å². The van der Waals surface area contributed by atoms with Crippen molar-refractivity contribution in [1.82, 2.24) is 0 Å². The van der Waals surface area contributed by atoms with Gasteiger partial charge in [-0.2, -0.15) is 0 Å². The topological polar surface area (TPSA) is 76.0 Å². The molecule has 5 nitrogen and oxygen atoms in total. The van der Waals surface area contributed by atoms with E-state index in [1.54, 1.807) is 13.8 Å². The number of carbonyl (C=O) groups is 1. The third-order valence-corrected chi connectivity index (χ3v) is 2.35. The second-order valence-corrected chi connectivity index (χ2v) is 3.54. The zero-order valence-corrected chi connectivity index (χ0v) is 10.1. The van der Waals surface area contributed by atoms with Gasteiger partial charge in [0, 0.05) is 11.6 Å². The summed E-state index contributed by atoms with van der Waals surface area (Å²) in [5, 5.41) is 19.4. The first-order valence-corrected chi connectivity index (χ1v) is 5.23. The molecular formula is C12H16O5. The summed E-state index contributed by atoms with van der Waals surface area (Å²) in [7, 11) is 1.48. The molecule has 0 heterocycles. The molecule has 0 aliphatic carbocycles. The molecule has 0 saturated heterocycles. The Morgan fingerprint density at radius 1 is 1.47 bits per heavy atom. The molecule has 1 atom stereocenters. The molecule has 0 aromatic heterocycles. The molecule has 5 heteroatoms. The Labute approximate surface area is 99.6 Å². The van der Waals surface area contributed by atoms with Crippen molar-refractivity contribution in [3.63, 3.8) is 0 Å². The molecule has 0 radical (unpaired) electrons. The lowest BCUT2D eigenvalue weighted by Gasteiger charge is -2.14. The highest BCUT2D eigenvalue weighted by Gasteiger charge is 2.23. The van der Waals surface area contributed by atoms with Gasteiger partial charge in [-0.25, -0.2) is 4.79 Å². The lowest BCUT2D eigenvalue weighted by Crippen LogP contribution is -2.15. The molecule has 0 amide bonds. The summed E-state index contributed by atoms with van der Waals surface area (Å²) >= 11 is 0. The van der Waals surface area contributed by atoms with Gasteiger partial charge in [-0.3, -0.25) is 0 Å². The van der Waals surface area contributed by atoms with Crippen LogP contribution in [-0.4, -0.2) is 29.9 Å². The van der Waals surface area contributed by atoms with Crippen LogP contribution in [-0.2, 0) is 9.53 Å². The Morgan fingerprint density at radius 2 is 2.12 bits per heavy atom. The zero-order valence-electron chi connectivity index (χ0n) is 10.1. The maximum Gasteiger partial charge on any atom is 0.339 e. The Kier molecular flexibility index (Phi) is 4.34. The first-order valence-electron chi connectivity index (χ1n) is 5.23. The SMILES string of the molecule is CCOC(=O)C(O)c1cc(C)c(OC)cc1O. The molecule has 1 aromatic carbocycles. The van der Waals surface area contributed by atoms with Crippen molar-refractivity contribution in [2.24, 2.45) is 0 Å². The molecule has 2 N–H and O–H groups in total. The van der Waals surface area contributed by atoms with Crippen LogP contribution >= 0.6 is 0 Å². The van der Waals surface area contributed by atoms with Gasteiger partial charge in [0.05, 0.1) is 13.7 Å². The summed E-state index contributed by atoms with van der Waals surface area (Å²) in [6, 6.07) is 2.85. The number of esters is 1. The van der Waals surface area contributed by atoms with Gasteiger partial charge in [0.2, 0.25) is 0 Å². The molecule has 0 saturated carbocycles. The van der Waals surface area contributed by atoms with Crippen molar-refractivity contribution in [3.05, 3.63) is 23.3 Å². The predicted molar refractivity (Wildman–Crippen MR) is 61.0 cm³/mol. The highest BCUT2D eigenvalue weighted by Crippen LogP contribution is 2.32. The fourth-order valence-electron chi connectivity index (χ4n) is 1.49. The van der Waals surface area contributed by atoms with Gasteiger partial charge in [0.15, 0.2) is 6.10 Å². The summed E-state index contributed by atoms with van der Waals surface area (Å²) in [6.07, 6.45) is -1.49. The van der Waals surface area contributed by atoms with E-state index in [-0.39, 0.29) is 17.9 Å². The Hall–Kier alpha value is -1.75. The van der Waals surface area contributed by atoms with E-state index in [2.05, 4.69) is 4.74 Å². The van der Waals surface area contributed by atoms with Gasteiger partial charge in [0.1, 0.15) is 11.5 Å². The number of methoxy groups -OCH3 is 1. The number of aliphatic hydroxyl groups excluding tert-OH is 1. The number of hydrogen-bond donors (Lipinski definition) is 2. The maximum absolute atomic E-state index is 11.3. The first-order chi connectivity index (χ1) is 8.01. The minimum atomic E-state index is -1.49. The van der Waals surface area contributed by atoms with Gasteiger partial charge in [-0.15, -0.1) is 0 Å². The predicted octanol–water partition coefficient (Wildman–Crippen LogP) is 1.31. The van der Waals surface area contributed by atoms with Crippen molar-refractivity contribution < 1.29 is 24.5 Å². The molecule has 1 aromatic rings. The second kappa shape index (κ2) is 5.54. The molecule has 0 aliphatic rings. The van der Waals surface area contributed by atoms with Crippen LogP contribution in [0.5, 0.6) is 11.5 Å². The van der Waals surface area contributed by atoms with Crippen molar-refractivity contribution in [2.45, 2.75) is 20.0 Å². The maximum atomic E-state index is 11.3. The van der Waals surface area contributed by atoms with Crippen LogP contribution in [0, 0.1) is 6.92 Å². The van der Waals surface area contributed by atoms with Crippen LogP contribution in [0.1, 0.15) is 24.2 Å². The van der Waals surface area contributed by atoms with E-state index >= 15 is 0 Å². The summed E-state index contributed by atoms with van der Waals surface area (Å²) in [5.74, 6) is -0.498.